The van der Waals surface area contributed by atoms with Gasteiger partial charge in [0.2, 0.25) is 0 Å². The molecule has 0 aromatic carbocycles. The summed E-state index contributed by atoms with van der Waals surface area (Å²) in [5.41, 5.74) is 4.70. The molecule has 0 bridgehead atoms. The highest BCUT2D eigenvalue weighted by Crippen LogP contribution is 2.25. The van der Waals surface area contributed by atoms with E-state index in [1.165, 1.54) is 11.3 Å². The van der Waals surface area contributed by atoms with Crippen LogP contribution in [-0.4, -0.2) is 16.3 Å². The van der Waals surface area contributed by atoms with Crippen LogP contribution in [0, 0.1) is 13.8 Å². The molecule has 0 aliphatic rings. The van der Waals surface area contributed by atoms with Crippen molar-refractivity contribution in [3.05, 3.63) is 29.1 Å². The number of nitrogens with one attached hydrogen (secondary N) is 1. The van der Waals surface area contributed by atoms with E-state index in [9.17, 15) is 0 Å². The molecule has 0 saturated heterocycles. The zero-order valence-corrected chi connectivity index (χ0v) is 10.4. The first kappa shape index (κ1) is 12.0. The van der Waals surface area contributed by atoms with Crippen LogP contribution in [-0.2, 0) is 7.05 Å². The second-order valence-electron chi connectivity index (χ2n) is 4.05. The van der Waals surface area contributed by atoms with E-state index in [2.05, 4.69) is 44.7 Å². The van der Waals surface area contributed by atoms with Gasteiger partial charge in [0.25, 0.3) is 0 Å². The fourth-order valence-electron chi connectivity index (χ4n) is 1.93. The lowest BCUT2D eigenvalue weighted by Gasteiger charge is -2.18. The van der Waals surface area contributed by atoms with Crippen LogP contribution in [0.4, 0.5) is 0 Å². The Kier molecular flexibility index (Phi) is 3.69. The van der Waals surface area contributed by atoms with E-state index in [0.29, 0.717) is 0 Å². The van der Waals surface area contributed by atoms with Gasteiger partial charge in [-0.1, -0.05) is 19.1 Å². The molecule has 84 valence electrons. The molecule has 0 spiro atoms. The molecular formula is C12H21N3. The van der Waals surface area contributed by atoms with E-state index < -0.39 is 0 Å². The lowest BCUT2D eigenvalue weighted by Crippen LogP contribution is -2.22. The number of aryl methyl sites for hydroxylation is 2. The zero-order chi connectivity index (χ0) is 11.6. The number of likely N-dealkylation sites (N-methyl/N-ethyl adjacent to an activating group) is 1. The van der Waals surface area contributed by atoms with E-state index >= 15 is 0 Å². The smallest absolute Gasteiger partial charge is 0.0647 e. The van der Waals surface area contributed by atoms with Gasteiger partial charge >= 0.3 is 0 Å². The Balaban J connectivity index is 3.15. The summed E-state index contributed by atoms with van der Waals surface area (Å²) in [5, 5.41) is 7.87. The van der Waals surface area contributed by atoms with Crippen LogP contribution in [0.25, 0.3) is 0 Å². The third-order valence-corrected chi connectivity index (χ3v) is 2.75. The minimum atomic E-state index is 0.226. The monoisotopic (exact) mass is 207 g/mol. The summed E-state index contributed by atoms with van der Waals surface area (Å²) in [5.74, 6) is 0. The average molecular weight is 207 g/mol. The molecule has 1 aromatic rings. The summed E-state index contributed by atoms with van der Waals surface area (Å²) in [6, 6.07) is 0.226. The average Bonchev–Trinajstić information content (AvgIpc) is 2.38. The van der Waals surface area contributed by atoms with Crippen molar-refractivity contribution in [2.45, 2.75) is 33.7 Å². The molecule has 0 fully saturated rings. The van der Waals surface area contributed by atoms with Crippen molar-refractivity contribution < 1.29 is 0 Å². The standard InChI is InChI=1S/C12H21N3/c1-7-13-12(8(2)3)11-9(4)14-15(6)10(11)5/h12-13H,2,7H2,1,3-6H3. The van der Waals surface area contributed by atoms with Crippen molar-refractivity contribution in [2.24, 2.45) is 7.05 Å². The molecule has 1 rings (SSSR count). The van der Waals surface area contributed by atoms with Gasteiger partial charge in [-0.05, 0) is 27.3 Å². The molecule has 0 amide bonds. The summed E-state index contributed by atoms with van der Waals surface area (Å²) < 4.78 is 1.93. The van der Waals surface area contributed by atoms with Crippen LogP contribution < -0.4 is 5.32 Å². The fourth-order valence-corrected chi connectivity index (χ4v) is 1.93. The predicted molar refractivity (Wildman–Crippen MR) is 63.9 cm³/mol. The maximum Gasteiger partial charge on any atom is 0.0647 e. The number of rotatable bonds is 4. The molecule has 0 radical (unpaired) electrons. The summed E-state index contributed by atoms with van der Waals surface area (Å²) >= 11 is 0. The van der Waals surface area contributed by atoms with Crippen molar-refractivity contribution in [1.29, 1.82) is 0 Å². The lowest BCUT2D eigenvalue weighted by atomic mass is 9.99. The molecule has 3 heteroatoms. The number of hydrogen-bond donors (Lipinski definition) is 1. The molecule has 15 heavy (non-hydrogen) atoms. The van der Waals surface area contributed by atoms with Crippen LogP contribution in [0.2, 0.25) is 0 Å². The van der Waals surface area contributed by atoms with Gasteiger partial charge in [0.15, 0.2) is 0 Å². The van der Waals surface area contributed by atoms with Crippen LogP contribution in [0.15, 0.2) is 12.2 Å². The largest absolute Gasteiger partial charge is 0.307 e. The Morgan fingerprint density at radius 1 is 1.53 bits per heavy atom. The van der Waals surface area contributed by atoms with Gasteiger partial charge in [-0.25, -0.2) is 0 Å². The molecule has 3 nitrogen and oxygen atoms in total. The Morgan fingerprint density at radius 2 is 2.13 bits per heavy atom. The first-order valence-corrected chi connectivity index (χ1v) is 5.37. The predicted octanol–water partition coefficient (Wildman–Crippen LogP) is 2.26. The number of nitrogens with zero attached hydrogens (tertiary/aromatic N) is 2. The first-order chi connectivity index (χ1) is 6.99. The van der Waals surface area contributed by atoms with Gasteiger partial charge in [-0.15, -0.1) is 0 Å². The highest BCUT2D eigenvalue weighted by atomic mass is 15.3. The summed E-state index contributed by atoms with van der Waals surface area (Å²) in [6.45, 7) is 13.3. The molecule has 1 unspecified atom stereocenters. The minimum absolute atomic E-state index is 0.226. The molecular weight excluding hydrogens is 186 g/mol. The van der Waals surface area contributed by atoms with E-state index in [1.54, 1.807) is 0 Å². The van der Waals surface area contributed by atoms with Crippen molar-refractivity contribution in [1.82, 2.24) is 15.1 Å². The molecule has 0 aliphatic carbocycles. The van der Waals surface area contributed by atoms with Gasteiger partial charge in [0, 0.05) is 18.3 Å². The van der Waals surface area contributed by atoms with Gasteiger partial charge in [-0.3, -0.25) is 4.68 Å². The third-order valence-electron chi connectivity index (χ3n) is 2.75. The quantitative estimate of drug-likeness (QED) is 0.768. The van der Waals surface area contributed by atoms with Gasteiger partial charge in [0.1, 0.15) is 0 Å². The van der Waals surface area contributed by atoms with Crippen LogP contribution in [0.3, 0.4) is 0 Å². The van der Waals surface area contributed by atoms with E-state index in [0.717, 1.165) is 17.8 Å². The van der Waals surface area contributed by atoms with Crippen LogP contribution in [0.1, 0.15) is 36.8 Å². The van der Waals surface area contributed by atoms with Crippen molar-refractivity contribution in [2.75, 3.05) is 6.54 Å². The highest BCUT2D eigenvalue weighted by Gasteiger charge is 2.19. The summed E-state index contributed by atoms with van der Waals surface area (Å²) in [7, 11) is 1.98. The second-order valence-corrected chi connectivity index (χ2v) is 4.05. The molecule has 1 N–H and O–H groups in total. The third kappa shape index (κ3) is 2.29. The van der Waals surface area contributed by atoms with E-state index in [4.69, 9.17) is 0 Å². The van der Waals surface area contributed by atoms with Crippen molar-refractivity contribution >= 4 is 0 Å². The molecule has 0 saturated carbocycles. The minimum Gasteiger partial charge on any atom is -0.307 e. The highest BCUT2D eigenvalue weighted by molar-refractivity contribution is 5.33. The Morgan fingerprint density at radius 3 is 2.47 bits per heavy atom. The Hall–Kier alpha value is -1.09. The fraction of sp³-hybridized carbons (Fsp3) is 0.583. The lowest BCUT2D eigenvalue weighted by molar-refractivity contribution is 0.614. The normalized spacial score (nSPS) is 12.9. The summed E-state index contributed by atoms with van der Waals surface area (Å²) in [4.78, 5) is 0. The molecule has 0 aliphatic heterocycles. The second kappa shape index (κ2) is 4.62. The number of hydrogen-bond acceptors (Lipinski definition) is 2. The van der Waals surface area contributed by atoms with Crippen LogP contribution in [0.5, 0.6) is 0 Å². The van der Waals surface area contributed by atoms with Gasteiger partial charge < -0.3 is 5.32 Å². The number of aromatic nitrogens is 2. The van der Waals surface area contributed by atoms with Gasteiger partial charge in [-0.2, -0.15) is 5.10 Å². The van der Waals surface area contributed by atoms with E-state index in [1.807, 2.05) is 11.7 Å². The maximum atomic E-state index is 4.43. The molecule has 1 aromatic heterocycles. The molecule has 1 heterocycles. The first-order valence-electron chi connectivity index (χ1n) is 5.37. The van der Waals surface area contributed by atoms with Crippen molar-refractivity contribution in [3.8, 4) is 0 Å². The summed E-state index contributed by atoms with van der Waals surface area (Å²) in [6.07, 6.45) is 0. The van der Waals surface area contributed by atoms with Crippen LogP contribution >= 0.6 is 0 Å². The Bertz CT molecular complexity index is 363. The SMILES string of the molecule is C=C(C)C(NCC)c1c(C)nn(C)c1C. The van der Waals surface area contributed by atoms with Gasteiger partial charge in [0.05, 0.1) is 11.7 Å². The maximum absolute atomic E-state index is 4.43. The topological polar surface area (TPSA) is 29.9 Å². The zero-order valence-electron chi connectivity index (χ0n) is 10.4. The Labute approximate surface area is 92.2 Å². The molecule has 1 atom stereocenters. The van der Waals surface area contributed by atoms with E-state index in [-0.39, 0.29) is 6.04 Å². The van der Waals surface area contributed by atoms with Crippen molar-refractivity contribution in [3.63, 3.8) is 0 Å².